The predicted molar refractivity (Wildman–Crippen MR) is 102 cm³/mol. The van der Waals surface area contributed by atoms with E-state index in [0.29, 0.717) is 16.7 Å². The molecule has 0 aromatic carbocycles. The van der Waals surface area contributed by atoms with Crippen molar-refractivity contribution in [2.75, 3.05) is 0 Å². The highest BCUT2D eigenvalue weighted by Gasteiger charge is 2.58. The quantitative estimate of drug-likeness (QED) is 0.732. The highest BCUT2D eigenvalue weighted by molar-refractivity contribution is 5.27. The van der Waals surface area contributed by atoms with Gasteiger partial charge in [-0.25, -0.2) is 9.97 Å². The fraction of sp³-hybridized carbons (Fsp3) is 0.739. The zero-order valence-corrected chi connectivity index (χ0v) is 16.2. The van der Waals surface area contributed by atoms with E-state index in [1.54, 1.807) is 11.9 Å². The number of hydrogen-bond donors (Lipinski definition) is 1. The molecule has 1 aromatic rings. The zero-order valence-electron chi connectivity index (χ0n) is 16.2. The van der Waals surface area contributed by atoms with Gasteiger partial charge in [0.2, 0.25) is 0 Å². The van der Waals surface area contributed by atoms with Gasteiger partial charge in [-0.05, 0) is 86.0 Å². The molecule has 0 amide bonds. The van der Waals surface area contributed by atoms with Crippen molar-refractivity contribution in [3.05, 3.63) is 35.9 Å². The molecule has 3 saturated carbocycles. The number of fused-ring (bicyclic) bond motifs is 5. The summed E-state index contributed by atoms with van der Waals surface area (Å²) >= 11 is 0. The normalized spacial score (nSPS) is 47.5. The van der Waals surface area contributed by atoms with Gasteiger partial charge >= 0.3 is 0 Å². The van der Waals surface area contributed by atoms with Gasteiger partial charge in [-0.15, -0.1) is 0 Å². The molecule has 0 spiro atoms. The number of aliphatic hydroxyl groups excluding tert-OH is 1. The van der Waals surface area contributed by atoms with Crippen molar-refractivity contribution >= 4 is 0 Å². The van der Waals surface area contributed by atoms with Gasteiger partial charge in [0.15, 0.2) is 0 Å². The van der Waals surface area contributed by atoms with E-state index in [9.17, 15) is 5.11 Å². The van der Waals surface area contributed by atoms with Crippen molar-refractivity contribution in [2.45, 2.75) is 77.2 Å². The minimum Gasteiger partial charge on any atom is -0.393 e. The molecule has 26 heavy (non-hydrogen) atoms. The molecule has 140 valence electrons. The molecule has 3 fully saturated rings. The molecule has 0 bridgehead atoms. The molecule has 0 saturated heterocycles. The van der Waals surface area contributed by atoms with E-state index >= 15 is 0 Å². The largest absolute Gasteiger partial charge is 0.393 e. The molecule has 1 aromatic heterocycles. The Balaban J connectivity index is 1.47. The second-order valence-corrected chi connectivity index (χ2v) is 9.96. The van der Waals surface area contributed by atoms with Gasteiger partial charge in [-0.2, -0.15) is 0 Å². The Bertz CT molecular complexity index is 716. The maximum atomic E-state index is 10.2. The molecule has 4 aliphatic rings. The summed E-state index contributed by atoms with van der Waals surface area (Å²) in [6, 6.07) is 2.15. The Morgan fingerprint density at radius 2 is 1.96 bits per heavy atom. The second-order valence-electron chi connectivity index (χ2n) is 9.96. The summed E-state index contributed by atoms with van der Waals surface area (Å²) in [4.78, 5) is 8.77. The molecular formula is C23H32N2O. The second kappa shape index (κ2) is 5.89. The fourth-order valence-electron chi connectivity index (χ4n) is 7.63. The third-order valence-corrected chi connectivity index (χ3v) is 9.04. The summed E-state index contributed by atoms with van der Waals surface area (Å²) in [5.74, 6) is 3.06. The monoisotopic (exact) mass is 352 g/mol. The zero-order chi connectivity index (χ0) is 17.9. The minimum atomic E-state index is -0.103. The van der Waals surface area contributed by atoms with E-state index in [1.165, 1.54) is 44.2 Å². The van der Waals surface area contributed by atoms with Gasteiger partial charge < -0.3 is 5.11 Å². The number of aromatic nitrogens is 2. The van der Waals surface area contributed by atoms with Gasteiger partial charge in [-0.1, -0.05) is 25.5 Å². The van der Waals surface area contributed by atoms with E-state index in [-0.39, 0.29) is 6.10 Å². The molecule has 3 heteroatoms. The van der Waals surface area contributed by atoms with Crippen molar-refractivity contribution in [1.82, 2.24) is 9.97 Å². The smallest absolute Gasteiger partial charge is 0.115 e. The highest BCUT2D eigenvalue weighted by atomic mass is 16.3. The molecule has 7 atom stereocenters. The van der Waals surface area contributed by atoms with Crippen LogP contribution in [0, 0.1) is 28.6 Å². The van der Waals surface area contributed by atoms with Crippen LogP contribution >= 0.6 is 0 Å². The molecule has 1 heterocycles. The first-order valence-corrected chi connectivity index (χ1v) is 10.7. The van der Waals surface area contributed by atoms with Gasteiger partial charge in [0.25, 0.3) is 0 Å². The van der Waals surface area contributed by atoms with Crippen molar-refractivity contribution in [3.63, 3.8) is 0 Å². The van der Waals surface area contributed by atoms with Crippen molar-refractivity contribution in [1.29, 1.82) is 0 Å². The Morgan fingerprint density at radius 3 is 2.77 bits per heavy atom. The molecule has 0 radical (unpaired) electrons. The lowest BCUT2D eigenvalue weighted by atomic mass is 9.47. The number of hydrogen-bond acceptors (Lipinski definition) is 3. The third-order valence-electron chi connectivity index (χ3n) is 9.04. The van der Waals surface area contributed by atoms with Gasteiger partial charge in [0.05, 0.1) is 6.10 Å². The topological polar surface area (TPSA) is 46.0 Å². The Kier molecular flexibility index (Phi) is 3.83. The average Bonchev–Trinajstić information content (AvgIpc) is 3.00. The number of nitrogens with zero attached hydrogens (tertiary/aromatic N) is 2. The fourth-order valence-corrected chi connectivity index (χ4v) is 7.63. The Morgan fingerprint density at radius 1 is 1.08 bits per heavy atom. The van der Waals surface area contributed by atoms with Crippen LogP contribution in [0.2, 0.25) is 0 Å². The van der Waals surface area contributed by atoms with E-state index in [2.05, 4.69) is 36.0 Å². The van der Waals surface area contributed by atoms with Crippen LogP contribution in [0.5, 0.6) is 0 Å². The average molecular weight is 353 g/mol. The summed E-state index contributed by atoms with van der Waals surface area (Å²) in [5, 5.41) is 10.2. The van der Waals surface area contributed by atoms with Gasteiger partial charge in [0, 0.05) is 17.8 Å². The molecule has 3 nitrogen and oxygen atoms in total. The van der Waals surface area contributed by atoms with Crippen LogP contribution in [0.1, 0.15) is 76.8 Å². The number of rotatable bonds is 1. The summed E-state index contributed by atoms with van der Waals surface area (Å²) in [7, 11) is 0. The van der Waals surface area contributed by atoms with Crippen LogP contribution in [0.4, 0.5) is 0 Å². The lowest BCUT2D eigenvalue weighted by Crippen LogP contribution is -2.50. The van der Waals surface area contributed by atoms with E-state index in [0.717, 1.165) is 30.6 Å². The van der Waals surface area contributed by atoms with E-state index < -0.39 is 0 Å². The van der Waals surface area contributed by atoms with Crippen LogP contribution in [0.3, 0.4) is 0 Å². The molecule has 3 unspecified atom stereocenters. The van der Waals surface area contributed by atoms with Crippen molar-refractivity contribution in [3.8, 4) is 0 Å². The Hall–Kier alpha value is -1.22. The number of aliphatic hydroxyl groups is 1. The van der Waals surface area contributed by atoms with Crippen LogP contribution < -0.4 is 0 Å². The number of allylic oxidation sites excluding steroid dienone is 1. The SMILES string of the molecule is C[C@]12CC[C@H](O)CC1=CCC1C2CC[C@@]2(C)C1CC[C@H]2c1ccncn1. The van der Waals surface area contributed by atoms with Gasteiger partial charge in [0.1, 0.15) is 6.33 Å². The van der Waals surface area contributed by atoms with Crippen molar-refractivity contribution < 1.29 is 5.11 Å². The van der Waals surface area contributed by atoms with E-state index in [4.69, 9.17) is 0 Å². The minimum absolute atomic E-state index is 0.103. The van der Waals surface area contributed by atoms with E-state index in [1.807, 2.05) is 6.20 Å². The van der Waals surface area contributed by atoms with Crippen LogP contribution in [0.15, 0.2) is 30.2 Å². The summed E-state index contributed by atoms with van der Waals surface area (Å²) in [6.45, 7) is 5.07. The van der Waals surface area contributed by atoms with Crippen LogP contribution in [0.25, 0.3) is 0 Å². The summed E-state index contributed by atoms with van der Waals surface area (Å²) < 4.78 is 0. The molecule has 4 aliphatic carbocycles. The van der Waals surface area contributed by atoms with Crippen molar-refractivity contribution in [2.24, 2.45) is 28.6 Å². The van der Waals surface area contributed by atoms with Gasteiger partial charge in [-0.3, -0.25) is 0 Å². The lowest BCUT2D eigenvalue weighted by Gasteiger charge is -2.58. The first kappa shape index (κ1) is 16.9. The summed E-state index contributed by atoms with van der Waals surface area (Å²) in [6.07, 6.45) is 15.7. The molecular weight excluding hydrogens is 320 g/mol. The standard InChI is InChI=1S/C23H32N2O/c1-22-10-7-16(26)13-15(22)3-4-17-18-5-6-20(21-9-12-24-14-25-21)23(18,2)11-8-19(17)22/h3,9,12,14,16-20,26H,4-8,10-11,13H2,1-2H3/t16-,17?,18?,19?,20-,22-,23-/m0/s1. The molecule has 0 aliphatic heterocycles. The maximum Gasteiger partial charge on any atom is 0.115 e. The maximum absolute atomic E-state index is 10.2. The van der Waals surface area contributed by atoms with Crippen LogP contribution in [-0.4, -0.2) is 21.2 Å². The predicted octanol–water partition coefficient (Wildman–Crippen LogP) is 4.88. The highest BCUT2D eigenvalue weighted by Crippen LogP contribution is 2.67. The lowest BCUT2D eigenvalue weighted by molar-refractivity contribution is -0.0412. The first-order chi connectivity index (χ1) is 12.5. The summed E-state index contributed by atoms with van der Waals surface area (Å²) in [5.41, 5.74) is 3.58. The molecule has 5 rings (SSSR count). The van der Waals surface area contributed by atoms with Crippen LogP contribution in [-0.2, 0) is 0 Å². The Labute approximate surface area is 157 Å². The molecule has 1 N–H and O–H groups in total. The third kappa shape index (κ3) is 2.28. The first-order valence-electron chi connectivity index (χ1n) is 10.7.